The molecule has 0 unspecified atom stereocenters. The van der Waals surface area contributed by atoms with Gasteiger partial charge in [-0.05, 0) is 24.6 Å². The monoisotopic (exact) mass is 218 g/mol. The molecule has 0 radical (unpaired) electrons. The van der Waals surface area contributed by atoms with E-state index < -0.39 is 5.97 Å². The molecule has 0 aliphatic rings. The number of rotatable bonds is 1. The predicted molar refractivity (Wildman–Crippen MR) is 52.5 cm³/mol. The number of esters is 1. The van der Waals surface area contributed by atoms with Gasteiger partial charge >= 0.3 is 5.97 Å². The van der Waals surface area contributed by atoms with Crippen LogP contribution in [-0.4, -0.2) is 5.97 Å². The van der Waals surface area contributed by atoms with Crippen LogP contribution in [0, 0.1) is 6.92 Å². The Morgan fingerprint density at radius 2 is 2.00 bits per heavy atom. The van der Waals surface area contributed by atoms with Gasteiger partial charge in [0.2, 0.25) is 0 Å². The zero-order valence-corrected chi connectivity index (χ0v) is 8.74. The Hall–Kier alpha value is -0.730. The average molecular weight is 219 g/mol. The van der Waals surface area contributed by atoms with Crippen molar-refractivity contribution in [2.45, 2.75) is 13.8 Å². The standard InChI is InChI=1S/C9H8Cl2O2/c1-5-3-7(10)4-8(11)9(5)13-6(2)12/h3-4H,1-2H3. The molecule has 1 aromatic carbocycles. The summed E-state index contributed by atoms with van der Waals surface area (Å²) in [5.74, 6) is -0.0223. The van der Waals surface area contributed by atoms with Crippen LogP contribution in [0.15, 0.2) is 12.1 Å². The third-order valence-electron chi connectivity index (χ3n) is 1.44. The van der Waals surface area contributed by atoms with Crippen molar-refractivity contribution in [2.24, 2.45) is 0 Å². The fourth-order valence-electron chi connectivity index (χ4n) is 0.962. The van der Waals surface area contributed by atoms with Crippen molar-refractivity contribution in [2.75, 3.05) is 0 Å². The van der Waals surface area contributed by atoms with E-state index in [-0.39, 0.29) is 0 Å². The summed E-state index contributed by atoms with van der Waals surface area (Å²) in [7, 11) is 0. The zero-order valence-electron chi connectivity index (χ0n) is 7.23. The van der Waals surface area contributed by atoms with Gasteiger partial charge in [-0.3, -0.25) is 4.79 Å². The van der Waals surface area contributed by atoms with E-state index in [1.165, 1.54) is 13.0 Å². The molecule has 0 heterocycles. The maximum atomic E-state index is 10.7. The number of ether oxygens (including phenoxy) is 1. The highest BCUT2D eigenvalue weighted by Gasteiger charge is 2.08. The van der Waals surface area contributed by atoms with Crippen LogP contribution in [-0.2, 0) is 4.79 Å². The number of hydrogen-bond donors (Lipinski definition) is 0. The number of benzene rings is 1. The van der Waals surface area contributed by atoms with Crippen molar-refractivity contribution >= 4 is 29.2 Å². The second-order valence-corrected chi connectivity index (χ2v) is 3.47. The van der Waals surface area contributed by atoms with E-state index in [4.69, 9.17) is 27.9 Å². The molecule has 0 aromatic heterocycles. The molecule has 0 fully saturated rings. The molecule has 0 aliphatic heterocycles. The van der Waals surface area contributed by atoms with Crippen molar-refractivity contribution < 1.29 is 9.53 Å². The molecule has 1 aromatic rings. The Morgan fingerprint density at radius 3 is 2.46 bits per heavy atom. The number of carbonyl (C=O) groups is 1. The predicted octanol–water partition coefficient (Wildman–Crippen LogP) is 3.23. The lowest BCUT2D eigenvalue weighted by Crippen LogP contribution is -2.03. The summed E-state index contributed by atoms with van der Waals surface area (Å²) in [6.07, 6.45) is 0. The van der Waals surface area contributed by atoms with Gasteiger partial charge in [-0.25, -0.2) is 0 Å². The third-order valence-corrected chi connectivity index (χ3v) is 1.94. The topological polar surface area (TPSA) is 26.3 Å². The Kier molecular flexibility index (Phi) is 3.17. The molecule has 0 amide bonds. The van der Waals surface area contributed by atoms with Crippen LogP contribution in [0.1, 0.15) is 12.5 Å². The lowest BCUT2D eigenvalue weighted by atomic mass is 10.2. The molecule has 4 heteroatoms. The second-order valence-electron chi connectivity index (χ2n) is 2.63. The third kappa shape index (κ3) is 2.61. The van der Waals surface area contributed by atoms with E-state index in [9.17, 15) is 4.79 Å². The maximum absolute atomic E-state index is 10.7. The number of halogens is 2. The van der Waals surface area contributed by atoms with Crippen LogP contribution in [0.4, 0.5) is 0 Å². The van der Waals surface area contributed by atoms with Gasteiger partial charge in [0.25, 0.3) is 0 Å². The van der Waals surface area contributed by atoms with Gasteiger partial charge < -0.3 is 4.74 Å². The Labute approximate surface area is 86.4 Å². The molecular weight excluding hydrogens is 211 g/mol. The quantitative estimate of drug-likeness (QED) is 0.535. The second kappa shape index (κ2) is 3.99. The molecule has 0 atom stereocenters. The van der Waals surface area contributed by atoms with E-state index in [2.05, 4.69) is 0 Å². The van der Waals surface area contributed by atoms with Crippen LogP contribution in [0.5, 0.6) is 5.75 Å². The van der Waals surface area contributed by atoms with Crippen LogP contribution in [0.3, 0.4) is 0 Å². The van der Waals surface area contributed by atoms with Gasteiger partial charge in [-0.1, -0.05) is 23.2 Å². The molecule has 2 nitrogen and oxygen atoms in total. The highest BCUT2D eigenvalue weighted by molar-refractivity contribution is 6.35. The molecule has 70 valence electrons. The summed E-state index contributed by atoms with van der Waals surface area (Å²) in [5, 5.41) is 0.874. The first-order valence-electron chi connectivity index (χ1n) is 3.65. The molecule has 0 spiro atoms. The van der Waals surface area contributed by atoms with Crippen LogP contribution >= 0.6 is 23.2 Å². The normalized spacial score (nSPS) is 9.85. The fraction of sp³-hybridized carbons (Fsp3) is 0.222. The summed E-state index contributed by atoms with van der Waals surface area (Å²) in [5.41, 5.74) is 0.743. The van der Waals surface area contributed by atoms with Crippen molar-refractivity contribution in [3.63, 3.8) is 0 Å². The molecular formula is C9H8Cl2O2. The summed E-state index contributed by atoms with van der Waals surface area (Å²) in [4.78, 5) is 10.7. The molecule has 0 aliphatic carbocycles. The van der Waals surface area contributed by atoms with E-state index >= 15 is 0 Å². The van der Waals surface area contributed by atoms with Crippen LogP contribution in [0.2, 0.25) is 10.0 Å². The van der Waals surface area contributed by atoms with Gasteiger partial charge in [0.05, 0.1) is 5.02 Å². The first-order valence-corrected chi connectivity index (χ1v) is 4.40. The van der Waals surface area contributed by atoms with Gasteiger partial charge in [-0.2, -0.15) is 0 Å². The van der Waals surface area contributed by atoms with E-state index in [0.717, 1.165) is 5.56 Å². The van der Waals surface area contributed by atoms with Crippen LogP contribution in [0.25, 0.3) is 0 Å². The minimum Gasteiger partial charge on any atom is -0.425 e. The Bertz CT molecular complexity index is 324. The lowest BCUT2D eigenvalue weighted by molar-refractivity contribution is -0.131. The Morgan fingerprint density at radius 1 is 1.38 bits per heavy atom. The van der Waals surface area contributed by atoms with E-state index in [1.54, 1.807) is 13.0 Å². The first kappa shape index (κ1) is 10.4. The summed E-state index contributed by atoms with van der Waals surface area (Å²) >= 11 is 11.6. The van der Waals surface area contributed by atoms with Crippen molar-refractivity contribution in [1.29, 1.82) is 0 Å². The Balaban J connectivity index is 3.13. The van der Waals surface area contributed by atoms with Crippen molar-refractivity contribution in [3.8, 4) is 5.75 Å². The highest BCUT2D eigenvalue weighted by atomic mass is 35.5. The molecule has 0 bridgehead atoms. The molecule has 0 saturated heterocycles. The zero-order chi connectivity index (χ0) is 10.0. The smallest absolute Gasteiger partial charge is 0.308 e. The van der Waals surface area contributed by atoms with E-state index in [0.29, 0.717) is 15.8 Å². The minimum atomic E-state index is -0.396. The lowest BCUT2D eigenvalue weighted by Gasteiger charge is -2.07. The summed E-state index contributed by atoms with van der Waals surface area (Å²) in [6.45, 7) is 3.10. The largest absolute Gasteiger partial charge is 0.425 e. The maximum Gasteiger partial charge on any atom is 0.308 e. The number of aryl methyl sites for hydroxylation is 1. The minimum absolute atomic E-state index is 0.347. The van der Waals surface area contributed by atoms with Crippen molar-refractivity contribution in [3.05, 3.63) is 27.7 Å². The molecule has 13 heavy (non-hydrogen) atoms. The van der Waals surface area contributed by atoms with Crippen molar-refractivity contribution in [1.82, 2.24) is 0 Å². The summed E-state index contributed by atoms with van der Waals surface area (Å²) < 4.78 is 4.90. The van der Waals surface area contributed by atoms with Gasteiger partial charge in [0.15, 0.2) is 5.75 Å². The molecule has 0 saturated carbocycles. The molecule has 0 N–H and O–H groups in total. The fourth-order valence-corrected chi connectivity index (χ4v) is 1.60. The van der Waals surface area contributed by atoms with Gasteiger partial charge in [0.1, 0.15) is 0 Å². The van der Waals surface area contributed by atoms with E-state index in [1.807, 2.05) is 0 Å². The molecule has 1 rings (SSSR count). The number of hydrogen-bond acceptors (Lipinski definition) is 2. The van der Waals surface area contributed by atoms with Crippen LogP contribution < -0.4 is 4.74 Å². The summed E-state index contributed by atoms with van der Waals surface area (Å²) in [6, 6.07) is 3.22. The average Bonchev–Trinajstić information content (AvgIpc) is 1.96. The SMILES string of the molecule is CC(=O)Oc1c(C)cc(Cl)cc1Cl. The number of carbonyl (C=O) groups excluding carboxylic acids is 1. The highest BCUT2D eigenvalue weighted by Crippen LogP contribution is 2.31. The first-order chi connectivity index (χ1) is 6.00. The van der Waals surface area contributed by atoms with Gasteiger partial charge in [-0.15, -0.1) is 0 Å². The van der Waals surface area contributed by atoms with Gasteiger partial charge in [0, 0.05) is 11.9 Å².